The van der Waals surface area contributed by atoms with Crippen molar-refractivity contribution in [2.24, 2.45) is 5.41 Å². The number of esters is 1. The summed E-state index contributed by atoms with van der Waals surface area (Å²) in [5.74, 6) is 0.672. The summed E-state index contributed by atoms with van der Waals surface area (Å²) < 4.78 is 24.2. The van der Waals surface area contributed by atoms with Gasteiger partial charge in [0.1, 0.15) is 5.56 Å². The van der Waals surface area contributed by atoms with Crippen LogP contribution in [0.1, 0.15) is 49.2 Å². The second-order valence-electron chi connectivity index (χ2n) is 8.76. The van der Waals surface area contributed by atoms with E-state index in [2.05, 4.69) is 29.8 Å². The van der Waals surface area contributed by atoms with Gasteiger partial charge in [0.25, 0.3) is 0 Å². The molecule has 180 valence electrons. The molecule has 33 heavy (non-hydrogen) atoms. The molecular formula is C25H32BrNO6. The quantitative estimate of drug-likeness (QED) is 0.257. The van der Waals surface area contributed by atoms with Crippen LogP contribution < -0.4 is 14.9 Å². The Morgan fingerprint density at radius 2 is 1.97 bits per heavy atom. The molecule has 0 saturated heterocycles. The molecule has 0 amide bonds. The van der Waals surface area contributed by atoms with E-state index in [1.54, 1.807) is 27.3 Å². The van der Waals surface area contributed by atoms with Crippen LogP contribution in [0, 0.1) is 5.41 Å². The van der Waals surface area contributed by atoms with E-state index in [4.69, 9.17) is 18.9 Å². The van der Waals surface area contributed by atoms with E-state index in [0.717, 1.165) is 28.6 Å². The highest BCUT2D eigenvalue weighted by Crippen LogP contribution is 2.46. The van der Waals surface area contributed by atoms with E-state index in [1.165, 1.54) is 6.07 Å². The van der Waals surface area contributed by atoms with Crippen LogP contribution in [-0.2, 0) is 15.9 Å². The number of methoxy groups -OCH3 is 2. The van der Waals surface area contributed by atoms with Crippen molar-refractivity contribution in [2.45, 2.75) is 39.7 Å². The number of pyridine rings is 1. The molecule has 8 heteroatoms. The first-order valence-corrected chi connectivity index (χ1v) is 12.2. The van der Waals surface area contributed by atoms with Crippen molar-refractivity contribution in [1.29, 1.82) is 0 Å². The Kier molecular flexibility index (Phi) is 8.23. The van der Waals surface area contributed by atoms with Crippen LogP contribution in [0.5, 0.6) is 11.5 Å². The molecule has 3 rings (SSSR count). The molecule has 2 heterocycles. The molecule has 7 nitrogen and oxygen atoms in total. The molecule has 0 fully saturated rings. The van der Waals surface area contributed by atoms with Crippen molar-refractivity contribution in [3.05, 3.63) is 45.7 Å². The molecule has 1 aromatic carbocycles. The van der Waals surface area contributed by atoms with Gasteiger partial charge in [-0.15, -0.1) is 0 Å². The fourth-order valence-corrected chi connectivity index (χ4v) is 4.56. The number of hydrogen-bond acceptors (Lipinski definition) is 6. The number of carbonyl (C=O) groups excluding carboxylic acids is 1. The summed E-state index contributed by atoms with van der Waals surface area (Å²) in [5, 5.41) is 0.854. The van der Waals surface area contributed by atoms with Crippen LogP contribution in [0.15, 0.2) is 29.2 Å². The SMILES string of the molecule is CCOC(=O)c1cn2c(cc1=O)-c1cc(OC)c(OCCCBr)cc1CC2C(C)(C)COC. The van der Waals surface area contributed by atoms with Crippen LogP contribution in [0.4, 0.5) is 0 Å². The average Bonchev–Trinajstić information content (AvgIpc) is 2.77. The van der Waals surface area contributed by atoms with Crippen LogP contribution >= 0.6 is 15.9 Å². The standard InChI is InChI=1S/C25H32BrNO6/c1-6-32-24(29)18-14-27-19(13-20(18)28)17-12-21(31-5)22(33-9-7-8-26)10-16(17)11-23(27)25(2,3)15-30-4/h10,12-14,23H,6-9,11,15H2,1-5H3. The summed E-state index contributed by atoms with van der Waals surface area (Å²) in [6.45, 7) is 7.25. The number of benzene rings is 1. The number of alkyl halides is 1. The van der Waals surface area contributed by atoms with Gasteiger partial charge in [-0.1, -0.05) is 29.8 Å². The van der Waals surface area contributed by atoms with Gasteiger partial charge in [0.2, 0.25) is 0 Å². The monoisotopic (exact) mass is 521 g/mol. The summed E-state index contributed by atoms with van der Waals surface area (Å²) in [6, 6.07) is 5.38. The fourth-order valence-electron chi connectivity index (χ4n) is 4.33. The molecule has 0 N–H and O–H groups in total. The first-order chi connectivity index (χ1) is 15.8. The summed E-state index contributed by atoms with van der Waals surface area (Å²) in [6.07, 6.45) is 3.19. The second-order valence-corrected chi connectivity index (χ2v) is 9.55. The molecule has 0 bridgehead atoms. The third-order valence-electron chi connectivity index (χ3n) is 5.94. The zero-order chi connectivity index (χ0) is 24.2. The van der Waals surface area contributed by atoms with Crippen molar-refractivity contribution in [2.75, 3.05) is 39.4 Å². The minimum atomic E-state index is -0.611. The zero-order valence-corrected chi connectivity index (χ0v) is 21.5. The maximum absolute atomic E-state index is 12.9. The molecule has 1 aliphatic rings. The molecular weight excluding hydrogens is 490 g/mol. The predicted octanol–water partition coefficient (Wildman–Crippen LogP) is 4.63. The first kappa shape index (κ1) is 25.3. The minimum Gasteiger partial charge on any atom is -0.493 e. The van der Waals surface area contributed by atoms with Crippen molar-refractivity contribution in [1.82, 2.24) is 4.57 Å². The van der Waals surface area contributed by atoms with E-state index >= 15 is 0 Å². The van der Waals surface area contributed by atoms with Crippen LogP contribution in [0.2, 0.25) is 0 Å². The third-order valence-corrected chi connectivity index (χ3v) is 6.50. The van der Waals surface area contributed by atoms with E-state index in [9.17, 15) is 9.59 Å². The van der Waals surface area contributed by atoms with Gasteiger partial charge in [-0.3, -0.25) is 4.79 Å². The Morgan fingerprint density at radius 1 is 1.21 bits per heavy atom. The maximum atomic E-state index is 12.9. The Balaban J connectivity index is 2.20. The van der Waals surface area contributed by atoms with Gasteiger partial charge in [-0.05, 0) is 37.5 Å². The second kappa shape index (κ2) is 10.7. The normalized spacial score (nSPS) is 14.9. The van der Waals surface area contributed by atoms with Crippen molar-refractivity contribution in [3.63, 3.8) is 0 Å². The highest BCUT2D eigenvalue weighted by Gasteiger charge is 2.37. The highest BCUT2D eigenvalue weighted by atomic mass is 79.9. The van der Waals surface area contributed by atoms with E-state index in [0.29, 0.717) is 31.1 Å². The molecule has 0 saturated carbocycles. The van der Waals surface area contributed by atoms with Crippen LogP contribution in [-0.4, -0.2) is 49.9 Å². The lowest BCUT2D eigenvalue weighted by Crippen LogP contribution is -2.37. The minimum absolute atomic E-state index is 0.0314. The van der Waals surface area contributed by atoms with Crippen molar-refractivity contribution in [3.8, 4) is 22.8 Å². The Bertz CT molecular complexity index is 1060. The summed E-state index contributed by atoms with van der Waals surface area (Å²) in [5.41, 5.74) is 2.06. The molecule has 1 aromatic heterocycles. The fraction of sp³-hybridized carbons (Fsp3) is 0.520. The van der Waals surface area contributed by atoms with Crippen molar-refractivity contribution < 1.29 is 23.7 Å². The number of halogens is 1. The number of aromatic nitrogens is 1. The van der Waals surface area contributed by atoms with Gasteiger partial charge in [-0.25, -0.2) is 4.79 Å². The third kappa shape index (κ3) is 5.27. The highest BCUT2D eigenvalue weighted by molar-refractivity contribution is 9.09. The largest absolute Gasteiger partial charge is 0.493 e. The van der Waals surface area contributed by atoms with Crippen LogP contribution in [0.3, 0.4) is 0 Å². The number of hydrogen-bond donors (Lipinski definition) is 0. The molecule has 1 unspecified atom stereocenters. The Hall–Kier alpha value is -2.32. The molecule has 0 radical (unpaired) electrons. The topological polar surface area (TPSA) is 76.0 Å². The van der Waals surface area contributed by atoms with Crippen molar-refractivity contribution >= 4 is 21.9 Å². The average molecular weight is 522 g/mol. The lowest BCUT2D eigenvalue weighted by molar-refractivity contribution is 0.0516. The smallest absolute Gasteiger partial charge is 0.343 e. The van der Waals surface area contributed by atoms with Crippen LogP contribution in [0.25, 0.3) is 11.3 Å². The lowest BCUT2D eigenvalue weighted by atomic mass is 9.77. The molecule has 2 aromatic rings. The molecule has 0 spiro atoms. The molecule has 0 aliphatic carbocycles. The molecule has 1 atom stereocenters. The lowest BCUT2D eigenvalue weighted by Gasteiger charge is -2.40. The van der Waals surface area contributed by atoms with Gasteiger partial charge in [0, 0.05) is 41.7 Å². The Labute approximate surface area is 203 Å². The van der Waals surface area contributed by atoms with Gasteiger partial charge >= 0.3 is 5.97 Å². The predicted molar refractivity (Wildman–Crippen MR) is 131 cm³/mol. The summed E-state index contributed by atoms with van der Waals surface area (Å²) in [4.78, 5) is 25.3. The van der Waals surface area contributed by atoms with E-state index in [1.807, 2.05) is 16.7 Å². The summed E-state index contributed by atoms with van der Waals surface area (Å²) in [7, 11) is 3.28. The van der Waals surface area contributed by atoms with Gasteiger partial charge < -0.3 is 23.5 Å². The zero-order valence-electron chi connectivity index (χ0n) is 19.9. The number of carbonyl (C=O) groups is 1. The molecule has 1 aliphatic heterocycles. The van der Waals surface area contributed by atoms with Gasteiger partial charge in [-0.2, -0.15) is 0 Å². The van der Waals surface area contributed by atoms with Gasteiger partial charge in [0.05, 0.1) is 32.6 Å². The first-order valence-electron chi connectivity index (χ1n) is 11.1. The number of rotatable bonds is 10. The van der Waals surface area contributed by atoms with E-state index in [-0.39, 0.29) is 29.1 Å². The van der Waals surface area contributed by atoms with Gasteiger partial charge in [0.15, 0.2) is 16.9 Å². The number of nitrogens with zero attached hydrogens (tertiary/aromatic N) is 1. The number of fused-ring (bicyclic) bond motifs is 3. The Morgan fingerprint density at radius 3 is 2.61 bits per heavy atom. The maximum Gasteiger partial charge on any atom is 0.343 e. The van der Waals surface area contributed by atoms with E-state index < -0.39 is 5.97 Å². The number of ether oxygens (including phenoxy) is 4. The summed E-state index contributed by atoms with van der Waals surface area (Å²) >= 11 is 3.43.